The lowest BCUT2D eigenvalue weighted by Gasteiger charge is -2.37. The third-order valence-electron chi connectivity index (χ3n) is 5.95. The molecule has 2 rings (SSSR count). The molecule has 0 N–H and O–H groups in total. The van der Waals surface area contributed by atoms with Crippen molar-refractivity contribution in [2.45, 2.75) is 78.4 Å². The van der Waals surface area contributed by atoms with Crippen LogP contribution in [0.3, 0.4) is 0 Å². The van der Waals surface area contributed by atoms with E-state index in [-0.39, 0.29) is 49.1 Å². The van der Waals surface area contributed by atoms with E-state index in [9.17, 15) is 14.4 Å². The van der Waals surface area contributed by atoms with E-state index in [2.05, 4.69) is 6.07 Å². The number of carbonyl (C=O) groups excluding carboxylic acids is 3. The van der Waals surface area contributed by atoms with E-state index < -0.39 is 5.60 Å². The van der Waals surface area contributed by atoms with Gasteiger partial charge in [0, 0.05) is 50.7 Å². The lowest BCUT2D eigenvalue weighted by atomic mass is 9.96. The number of para-hydroxylation sites is 1. The van der Waals surface area contributed by atoms with Gasteiger partial charge in [0.05, 0.1) is 12.5 Å². The predicted octanol–water partition coefficient (Wildman–Crippen LogP) is 4.60. The van der Waals surface area contributed by atoms with Gasteiger partial charge in [-0.05, 0) is 65.5 Å². The molecule has 35 heavy (non-hydrogen) atoms. The Balaban J connectivity index is 1.94. The summed E-state index contributed by atoms with van der Waals surface area (Å²) in [6.45, 7) is 11.5. The molecule has 0 radical (unpaired) electrons. The van der Waals surface area contributed by atoms with Gasteiger partial charge in [0.25, 0.3) is 0 Å². The topological polar surface area (TPSA) is 94.0 Å². The van der Waals surface area contributed by atoms with Gasteiger partial charge in [-0.3, -0.25) is 9.59 Å². The summed E-state index contributed by atoms with van der Waals surface area (Å²) in [5, 5.41) is 8.96. The molecule has 1 unspecified atom stereocenters. The number of nitriles is 1. The molecular formula is C27H40N4O4. The van der Waals surface area contributed by atoms with E-state index in [4.69, 9.17) is 10.00 Å². The summed E-state index contributed by atoms with van der Waals surface area (Å²) in [5.74, 6) is -0.0521. The van der Waals surface area contributed by atoms with Crippen molar-refractivity contribution in [1.82, 2.24) is 9.80 Å². The molecule has 1 heterocycles. The van der Waals surface area contributed by atoms with Gasteiger partial charge < -0.3 is 19.4 Å². The van der Waals surface area contributed by atoms with Crippen LogP contribution in [0.2, 0.25) is 0 Å². The maximum Gasteiger partial charge on any atom is 0.410 e. The molecule has 1 saturated heterocycles. The Morgan fingerprint density at radius 2 is 1.86 bits per heavy atom. The molecule has 8 nitrogen and oxygen atoms in total. The van der Waals surface area contributed by atoms with Crippen LogP contribution >= 0.6 is 0 Å². The number of anilines is 1. The van der Waals surface area contributed by atoms with Crippen molar-refractivity contribution in [2.24, 2.45) is 5.92 Å². The van der Waals surface area contributed by atoms with Crippen molar-refractivity contribution in [1.29, 1.82) is 5.26 Å². The van der Waals surface area contributed by atoms with Crippen LogP contribution in [0.1, 0.15) is 66.7 Å². The minimum Gasteiger partial charge on any atom is -0.444 e. The van der Waals surface area contributed by atoms with E-state index in [0.717, 1.165) is 18.5 Å². The van der Waals surface area contributed by atoms with Gasteiger partial charge in [-0.2, -0.15) is 5.26 Å². The van der Waals surface area contributed by atoms with E-state index >= 15 is 0 Å². The molecule has 1 atom stereocenters. The number of amides is 3. The van der Waals surface area contributed by atoms with Crippen molar-refractivity contribution in [3.8, 4) is 6.07 Å². The molecule has 1 fully saturated rings. The Bertz CT molecular complexity index is 889. The summed E-state index contributed by atoms with van der Waals surface area (Å²) in [6.07, 6.45) is 1.91. The highest BCUT2D eigenvalue weighted by atomic mass is 16.6. The molecule has 0 aromatic heterocycles. The lowest BCUT2D eigenvalue weighted by molar-refractivity contribution is -0.134. The van der Waals surface area contributed by atoms with Gasteiger partial charge in [-0.15, -0.1) is 0 Å². The van der Waals surface area contributed by atoms with E-state index in [0.29, 0.717) is 26.2 Å². The number of benzene rings is 1. The fraction of sp³-hybridized carbons (Fsp3) is 0.630. The summed E-state index contributed by atoms with van der Waals surface area (Å²) >= 11 is 0. The Hall–Kier alpha value is -3.08. The van der Waals surface area contributed by atoms with Crippen molar-refractivity contribution in [2.75, 3.05) is 31.1 Å². The molecule has 0 saturated carbocycles. The first-order valence-electron chi connectivity index (χ1n) is 12.5. The Kier molecular flexibility index (Phi) is 10.6. The van der Waals surface area contributed by atoms with Crippen LogP contribution in [0.15, 0.2) is 30.3 Å². The molecule has 3 amide bonds. The van der Waals surface area contributed by atoms with Crippen molar-refractivity contribution in [3.63, 3.8) is 0 Å². The standard InChI is InChI=1S/C27H40N4O4/c1-21(2)31(26(34)35-27(3,4)5)20-22-11-9-17-29(19-22)24(32)14-15-25(33)30(18-10-16-28)23-12-7-6-8-13-23/h6-8,12-13,21-22H,9-11,14-15,17-20H2,1-5H3. The number of hydrogen-bond donors (Lipinski definition) is 0. The monoisotopic (exact) mass is 484 g/mol. The zero-order valence-corrected chi connectivity index (χ0v) is 21.8. The number of piperidine rings is 1. The van der Waals surface area contributed by atoms with Gasteiger partial charge >= 0.3 is 6.09 Å². The molecule has 8 heteroatoms. The summed E-state index contributed by atoms with van der Waals surface area (Å²) in [6, 6.07) is 11.3. The van der Waals surface area contributed by atoms with Gasteiger partial charge in [0.1, 0.15) is 5.60 Å². The average molecular weight is 485 g/mol. The fourth-order valence-electron chi connectivity index (χ4n) is 4.21. The lowest BCUT2D eigenvalue weighted by Crippen LogP contribution is -2.48. The third-order valence-corrected chi connectivity index (χ3v) is 5.95. The number of rotatable bonds is 9. The summed E-state index contributed by atoms with van der Waals surface area (Å²) in [7, 11) is 0. The van der Waals surface area contributed by atoms with E-state index in [1.54, 1.807) is 9.80 Å². The van der Waals surface area contributed by atoms with Crippen molar-refractivity contribution < 1.29 is 19.1 Å². The maximum absolute atomic E-state index is 13.0. The smallest absolute Gasteiger partial charge is 0.410 e. The molecule has 1 aromatic carbocycles. The Morgan fingerprint density at radius 1 is 1.17 bits per heavy atom. The number of carbonyl (C=O) groups is 3. The van der Waals surface area contributed by atoms with Gasteiger partial charge in [-0.25, -0.2) is 4.79 Å². The second kappa shape index (κ2) is 13.1. The van der Waals surface area contributed by atoms with Gasteiger partial charge in [0.2, 0.25) is 11.8 Å². The van der Waals surface area contributed by atoms with Crippen LogP contribution in [0.5, 0.6) is 0 Å². The van der Waals surface area contributed by atoms with Crippen molar-refractivity contribution >= 4 is 23.6 Å². The SMILES string of the molecule is CC(C)N(CC1CCCN(C(=O)CCC(=O)N(CCC#N)c2ccccc2)C1)C(=O)OC(C)(C)C. The fourth-order valence-corrected chi connectivity index (χ4v) is 4.21. The van der Waals surface area contributed by atoms with Crippen LogP contribution < -0.4 is 4.90 Å². The number of ether oxygens (including phenoxy) is 1. The number of nitrogens with zero attached hydrogens (tertiary/aromatic N) is 4. The number of hydrogen-bond acceptors (Lipinski definition) is 5. The largest absolute Gasteiger partial charge is 0.444 e. The Morgan fingerprint density at radius 3 is 2.46 bits per heavy atom. The molecule has 0 aliphatic carbocycles. The second-order valence-corrected chi connectivity index (χ2v) is 10.4. The van der Waals surface area contributed by atoms with Crippen LogP contribution in [0.25, 0.3) is 0 Å². The first-order valence-corrected chi connectivity index (χ1v) is 12.5. The second-order valence-electron chi connectivity index (χ2n) is 10.4. The normalized spacial score (nSPS) is 15.9. The van der Waals surface area contributed by atoms with Gasteiger partial charge in [0.15, 0.2) is 0 Å². The predicted molar refractivity (Wildman–Crippen MR) is 136 cm³/mol. The maximum atomic E-state index is 13.0. The highest BCUT2D eigenvalue weighted by Gasteiger charge is 2.30. The Labute approximate surface area is 209 Å². The average Bonchev–Trinajstić information content (AvgIpc) is 2.80. The first kappa shape index (κ1) is 28.2. The number of likely N-dealkylation sites (tertiary alicyclic amines) is 1. The quantitative estimate of drug-likeness (QED) is 0.511. The third kappa shape index (κ3) is 9.23. The molecule has 1 aliphatic rings. The zero-order valence-electron chi connectivity index (χ0n) is 21.8. The van der Waals surface area contributed by atoms with E-state index in [1.165, 1.54) is 0 Å². The molecule has 0 spiro atoms. The minimum atomic E-state index is -0.563. The highest BCUT2D eigenvalue weighted by Crippen LogP contribution is 2.22. The molecule has 192 valence electrons. The first-order chi connectivity index (χ1) is 16.5. The highest BCUT2D eigenvalue weighted by molar-refractivity contribution is 5.95. The summed E-state index contributed by atoms with van der Waals surface area (Å²) in [5.41, 5.74) is 0.167. The van der Waals surface area contributed by atoms with Crippen LogP contribution in [-0.4, -0.2) is 65.5 Å². The zero-order chi connectivity index (χ0) is 26.0. The molecule has 0 bridgehead atoms. The summed E-state index contributed by atoms with van der Waals surface area (Å²) in [4.78, 5) is 43.7. The molecule has 1 aromatic rings. The molecular weight excluding hydrogens is 444 g/mol. The summed E-state index contributed by atoms with van der Waals surface area (Å²) < 4.78 is 5.57. The minimum absolute atomic E-state index is 0.00840. The molecule has 1 aliphatic heterocycles. The van der Waals surface area contributed by atoms with Gasteiger partial charge in [-0.1, -0.05) is 18.2 Å². The van der Waals surface area contributed by atoms with E-state index in [1.807, 2.05) is 69.9 Å². The van der Waals surface area contributed by atoms with Crippen LogP contribution in [0, 0.1) is 17.2 Å². The van der Waals surface area contributed by atoms with Crippen molar-refractivity contribution in [3.05, 3.63) is 30.3 Å². The van der Waals surface area contributed by atoms with Crippen LogP contribution in [0.4, 0.5) is 10.5 Å². The van der Waals surface area contributed by atoms with Crippen LogP contribution in [-0.2, 0) is 14.3 Å².